The number of nitrogens with zero attached hydrogens (tertiary/aromatic N) is 2. The molecule has 0 fully saturated rings. The Bertz CT molecular complexity index is 676. The van der Waals surface area contributed by atoms with Crippen molar-refractivity contribution in [2.24, 2.45) is 0 Å². The highest BCUT2D eigenvalue weighted by Crippen LogP contribution is 2.19. The minimum atomic E-state index is -1.25. The van der Waals surface area contributed by atoms with Crippen LogP contribution in [0.1, 0.15) is 6.92 Å². The SMILES string of the molecule is CC(=O)N(/C=C(/C#N)C(=O)NCC(=O)O)c1cccc(N)c1. The largest absolute Gasteiger partial charge is 0.480 e. The molecule has 1 aromatic rings. The van der Waals surface area contributed by atoms with Crippen LogP contribution in [0.3, 0.4) is 0 Å². The van der Waals surface area contributed by atoms with E-state index >= 15 is 0 Å². The molecule has 0 bridgehead atoms. The van der Waals surface area contributed by atoms with Crippen LogP contribution >= 0.6 is 0 Å². The van der Waals surface area contributed by atoms with Crippen molar-refractivity contribution in [3.05, 3.63) is 36.0 Å². The third kappa shape index (κ3) is 4.64. The van der Waals surface area contributed by atoms with Gasteiger partial charge in [-0.25, -0.2) is 0 Å². The maximum atomic E-state index is 11.7. The number of hydrogen-bond donors (Lipinski definition) is 3. The number of carboxylic acids is 1. The third-order valence-corrected chi connectivity index (χ3v) is 2.51. The fraction of sp³-hybridized carbons (Fsp3) is 0.143. The molecule has 0 atom stereocenters. The van der Waals surface area contributed by atoms with Crippen LogP contribution in [0.2, 0.25) is 0 Å². The molecule has 0 aromatic heterocycles. The lowest BCUT2D eigenvalue weighted by molar-refractivity contribution is -0.137. The van der Waals surface area contributed by atoms with Gasteiger partial charge in [-0.15, -0.1) is 0 Å². The van der Waals surface area contributed by atoms with Gasteiger partial charge in [-0.1, -0.05) is 6.07 Å². The van der Waals surface area contributed by atoms with Gasteiger partial charge in [0, 0.05) is 18.8 Å². The van der Waals surface area contributed by atoms with Crippen molar-refractivity contribution < 1.29 is 19.5 Å². The van der Waals surface area contributed by atoms with Gasteiger partial charge in [-0.05, 0) is 18.2 Å². The molecule has 0 radical (unpaired) electrons. The van der Waals surface area contributed by atoms with E-state index in [-0.39, 0.29) is 0 Å². The van der Waals surface area contributed by atoms with Gasteiger partial charge in [0.15, 0.2) is 0 Å². The second-order valence-corrected chi connectivity index (χ2v) is 4.22. The summed E-state index contributed by atoms with van der Waals surface area (Å²) in [4.78, 5) is 34.9. The zero-order valence-corrected chi connectivity index (χ0v) is 11.7. The summed E-state index contributed by atoms with van der Waals surface area (Å²) in [5.74, 6) is -2.57. The topological polar surface area (TPSA) is 137 Å². The first-order valence-corrected chi connectivity index (χ1v) is 6.12. The minimum Gasteiger partial charge on any atom is -0.480 e. The maximum Gasteiger partial charge on any atom is 0.322 e. The zero-order chi connectivity index (χ0) is 16.7. The average molecular weight is 302 g/mol. The number of benzene rings is 1. The summed E-state index contributed by atoms with van der Waals surface area (Å²) in [5.41, 5.74) is 6.02. The van der Waals surface area contributed by atoms with E-state index < -0.39 is 29.9 Å². The summed E-state index contributed by atoms with van der Waals surface area (Å²) < 4.78 is 0. The second-order valence-electron chi connectivity index (χ2n) is 4.22. The van der Waals surface area contributed by atoms with Crippen LogP contribution in [0, 0.1) is 11.3 Å². The number of rotatable bonds is 5. The van der Waals surface area contributed by atoms with Crippen molar-refractivity contribution >= 4 is 29.2 Å². The van der Waals surface area contributed by atoms with E-state index in [1.54, 1.807) is 24.3 Å². The maximum absolute atomic E-state index is 11.7. The Balaban J connectivity index is 3.10. The Hall–Kier alpha value is -3.34. The summed E-state index contributed by atoms with van der Waals surface area (Å²) in [6.45, 7) is 0.625. The van der Waals surface area contributed by atoms with Crippen molar-refractivity contribution in [3.63, 3.8) is 0 Å². The van der Waals surface area contributed by atoms with Crippen LogP contribution in [-0.2, 0) is 14.4 Å². The third-order valence-electron chi connectivity index (χ3n) is 2.51. The highest BCUT2D eigenvalue weighted by atomic mass is 16.4. The van der Waals surface area contributed by atoms with Crippen LogP contribution in [0.5, 0.6) is 0 Å². The Morgan fingerprint density at radius 1 is 1.45 bits per heavy atom. The summed E-state index contributed by atoms with van der Waals surface area (Å²) in [7, 11) is 0. The van der Waals surface area contributed by atoms with Crippen molar-refractivity contribution in [1.82, 2.24) is 5.32 Å². The Morgan fingerprint density at radius 3 is 2.64 bits per heavy atom. The number of carbonyl (C=O) groups excluding carboxylic acids is 2. The number of aliphatic carboxylic acids is 1. The van der Waals surface area contributed by atoms with E-state index in [2.05, 4.69) is 0 Å². The second kappa shape index (κ2) is 7.44. The highest BCUT2D eigenvalue weighted by molar-refractivity contribution is 6.02. The normalized spacial score (nSPS) is 10.5. The Kier molecular flexibility index (Phi) is 5.66. The predicted molar refractivity (Wildman–Crippen MR) is 78.4 cm³/mol. The highest BCUT2D eigenvalue weighted by Gasteiger charge is 2.15. The molecule has 0 aliphatic heterocycles. The molecule has 0 unspecified atom stereocenters. The molecular weight excluding hydrogens is 288 g/mol. The molecule has 8 nitrogen and oxygen atoms in total. The van der Waals surface area contributed by atoms with E-state index in [9.17, 15) is 14.4 Å². The molecule has 0 aliphatic carbocycles. The molecule has 1 aromatic carbocycles. The minimum absolute atomic E-state index is 0.381. The van der Waals surface area contributed by atoms with Crippen molar-refractivity contribution in [2.45, 2.75) is 6.92 Å². The number of carboxylic acid groups (broad SMARTS) is 1. The van der Waals surface area contributed by atoms with Gasteiger partial charge in [0.05, 0.1) is 5.69 Å². The van der Waals surface area contributed by atoms with Crippen molar-refractivity contribution in [2.75, 3.05) is 17.2 Å². The van der Waals surface area contributed by atoms with Gasteiger partial charge in [-0.3, -0.25) is 19.3 Å². The Morgan fingerprint density at radius 2 is 2.14 bits per heavy atom. The fourth-order valence-electron chi connectivity index (χ4n) is 1.54. The fourth-order valence-corrected chi connectivity index (χ4v) is 1.54. The molecule has 0 spiro atoms. The lowest BCUT2D eigenvalue weighted by Gasteiger charge is -2.17. The zero-order valence-electron chi connectivity index (χ0n) is 11.7. The van der Waals surface area contributed by atoms with E-state index in [0.717, 1.165) is 11.1 Å². The predicted octanol–water partition coefficient (Wildman–Crippen LogP) is 0.230. The number of anilines is 2. The number of hydrogen-bond acceptors (Lipinski definition) is 5. The molecule has 4 N–H and O–H groups in total. The monoisotopic (exact) mass is 302 g/mol. The van der Waals surface area contributed by atoms with Crippen LogP contribution in [0.15, 0.2) is 36.0 Å². The average Bonchev–Trinajstić information content (AvgIpc) is 2.45. The van der Waals surface area contributed by atoms with Gasteiger partial charge in [0.2, 0.25) is 5.91 Å². The molecule has 2 amide bonds. The van der Waals surface area contributed by atoms with Gasteiger partial charge >= 0.3 is 5.97 Å². The van der Waals surface area contributed by atoms with Gasteiger partial charge < -0.3 is 16.2 Å². The summed E-state index contributed by atoms with van der Waals surface area (Å²) >= 11 is 0. The molecule has 0 saturated carbocycles. The summed E-state index contributed by atoms with van der Waals surface area (Å²) in [6.07, 6.45) is 1.04. The smallest absolute Gasteiger partial charge is 0.322 e. The lowest BCUT2D eigenvalue weighted by Crippen LogP contribution is -2.32. The number of carbonyl (C=O) groups is 3. The first kappa shape index (κ1) is 16.7. The van der Waals surface area contributed by atoms with Crippen molar-refractivity contribution in [3.8, 4) is 6.07 Å². The molecule has 1 rings (SSSR count). The van der Waals surface area contributed by atoms with Crippen LogP contribution in [0.4, 0.5) is 11.4 Å². The summed E-state index contributed by atoms with van der Waals surface area (Å²) in [5, 5.41) is 19.6. The van der Waals surface area contributed by atoms with Crippen LogP contribution in [-0.4, -0.2) is 29.4 Å². The van der Waals surface area contributed by atoms with Crippen LogP contribution in [0.25, 0.3) is 0 Å². The lowest BCUT2D eigenvalue weighted by atomic mass is 10.2. The van der Waals surface area contributed by atoms with E-state index in [4.69, 9.17) is 16.1 Å². The standard InChI is InChI=1S/C14H14N4O4/c1-9(19)18(12-4-2-3-11(16)5-12)8-10(6-15)14(22)17-7-13(20)21/h2-5,8H,7,16H2,1H3,(H,17,22)(H,20,21)/b10-8-. The quantitative estimate of drug-likeness (QED) is 0.404. The molecule has 0 heterocycles. The number of nitrogens with two attached hydrogens (primary N) is 1. The molecule has 22 heavy (non-hydrogen) atoms. The first-order chi connectivity index (χ1) is 10.3. The molecule has 0 saturated heterocycles. The number of amides is 2. The van der Waals surface area contributed by atoms with E-state index in [1.807, 2.05) is 5.32 Å². The molecule has 8 heteroatoms. The summed E-state index contributed by atoms with van der Waals surface area (Å²) in [6, 6.07) is 7.95. The molecular formula is C14H14N4O4. The van der Waals surface area contributed by atoms with E-state index in [1.165, 1.54) is 13.0 Å². The van der Waals surface area contributed by atoms with Crippen molar-refractivity contribution in [1.29, 1.82) is 5.26 Å². The van der Waals surface area contributed by atoms with Gasteiger partial charge in [-0.2, -0.15) is 5.26 Å². The number of nitrogen functional groups attached to an aromatic ring is 1. The first-order valence-electron chi connectivity index (χ1n) is 6.12. The Labute approximate surface area is 126 Å². The number of nitriles is 1. The van der Waals surface area contributed by atoms with Gasteiger partial charge in [0.1, 0.15) is 18.2 Å². The molecule has 114 valence electrons. The van der Waals surface area contributed by atoms with Gasteiger partial charge in [0.25, 0.3) is 5.91 Å². The van der Waals surface area contributed by atoms with Crippen LogP contribution < -0.4 is 16.0 Å². The molecule has 0 aliphatic rings. The number of nitrogens with one attached hydrogen (secondary N) is 1. The van der Waals surface area contributed by atoms with E-state index in [0.29, 0.717) is 11.4 Å².